The van der Waals surface area contributed by atoms with E-state index in [1.807, 2.05) is 19.2 Å². The fourth-order valence-electron chi connectivity index (χ4n) is 5.50. The quantitative estimate of drug-likeness (QED) is 0.463. The molecule has 2 saturated heterocycles. The summed E-state index contributed by atoms with van der Waals surface area (Å²) in [6, 6.07) is -2.86. The van der Waals surface area contributed by atoms with Gasteiger partial charge in [-0.3, -0.25) is 19.2 Å². The topological polar surface area (TPSA) is 108 Å². The van der Waals surface area contributed by atoms with Crippen LogP contribution in [0.2, 0.25) is 0 Å². The Morgan fingerprint density at radius 2 is 1.86 bits per heavy atom. The average molecular weight is 501 g/mol. The molecule has 35 heavy (non-hydrogen) atoms. The van der Waals surface area contributed by atoms with Crippen LogP contribution in [0.4, 0.5) is 13.2 Å². The van der Waals surface area contributed by atoms with Gasteiger partial charge in [-0.25, -0.2) is 0 Å². The van der Waals surface area contributed by atoms with Crippen molar-refractivity contribution in [1.29, 1.82) is 0 Å². The first-order chi connectivity index (χ1) is 16.0. The average Bonchev–Trinajstić information content (AvgIpc) is 3.10. The Morgan fingerprint density at radius 1 is 1.23 bits per heavy atom. The molecule has 196 valence electrons. The lowest BCUT2D eigenvalue weighted by Gasteiger charge is -2.38. The Labute approximate surface area is 203 Å². The maximum atomic E-state index is 13.5. The zero-order chi connectivity index (χ0) is 26.5. The zero-order valence-corrected chi connectivity index (χ0v) is 20.8. The number of amides is 4. The van der Waals surface area contributed by atoms with Crippen molar-refractivity contribution >= 4 is 23.6 Å². The van der Waals surface area contributed by atoms with Gasteiger partial charge in [0.05, 0.1) is 0 Å². The molecule has 0 spiro atoms. The minimum absolute atomic E-state index is 0.0175. The number of nitrogens with zero attached hydrogens (tertiary/aromatic N) is 1. The van der Waals surface area contributed by atoms with Crippen LogP contribution in [0.25, 0.3) is 0 Å². The van der Waals surface area contributed by atoms with E-state index in [1.165, 1.54) is 4.90 Å². The molecule has 1 saturated carbocycles. The van der Waals surface area contributed by atoms with E-state index in [0.717, 1.165) is 0 Å². The van der Waals surface area contributed by atoms with Gasteiger partial charge in [0.15, 0.2) is 0 Å². The molecule has 2 aliphatic heterocycles. The van der Waals surface area contributed by atoms with Gasteiger partial charge in [0, 0.05) is 25.0 Å². The summed E-state index contributed by atoms with van der Waals surface area (Å²) in [6.45, 7) is 13.2. The number of carbonyl (C=O) groups excluding carboxylic acids is 4. The van der Waals surface area contributed by atoms with Crippen LogP contribution < -0.4 is 16.0 Å². The molecule has 0 aromatic rings. The van der Waals surface area contributed by atoms with E-state index in [0.29, 0.717) is 19.4 Å². The standard InChI is InChI=1S/C24H35F3N4O4/c1-7-13(10-12-8-9-28-18(12)32)29-19(33)16-15-14(23(15,5)6)11-31(16)20(34)17(22(2,3)4)30-21(35)24(25,26)27/h7,12-17H,1,8-11H2,2-6H3,(H,28,32)(H,29,33)(H,30,35)/t12-,13+,14-,15-,16-,17+/m0/s1. The van der Waals surface area contributed by atoms with E-state index in [4.69, 9.17) is 0 Å². The molecule has 3 fully saturated rings. The molecule has 6 atom stereocenters. The second kappa shape index (κ2) is 9.13. The first kappa shape index (κ1) is 27.0. The van der Waals surface area contributed by atoms with E-state index in [2.05, 4.69) is 17.2 Å². The van der Waals surface area contributed by atoms with Crippen molar-refractivity contribution < 1.29 is 32.3 Å². The highest BCUT2D eigenvalue weighted by atomic mass is 19.4. The van der Waals surface area contributed by atoms with E-state index in [9.17, 15) is 32.3 Å². The fourth-order valence-corrected chi connectivity index (χ4v) is 5.50. The molecule has 0 aromatic heterocycles. The van der Waals surface area contributed by atoms with Crippen LogP contribution in [-0.2, 0) is 19.2 Å². The molecule has 3 N–H and O–H groups in total. The van der Waals surface area contributed by atoms with Gasteiger partial charge < -0.3 is 20.9 Å². The van der Waals surface area contributed by atoms with Gasteiger partial charge in [0.1, 0.15) is 12.1 Å². The van der Waals surface area contributed by atoms with Crippen molar-refractivity contribution in [2.45, 2.75) is 71.8 Å². The first-order valence-corrected chi connectivity index (χ1v) is 11.9. The summed E-state index contributed by atoms with van der Waals surface area (Å²) in [6.07, 6.45) is -2.58. The Hall–Kier alpha value is -2.59. The molecule has 8 nitrogen and oxygen atoms in total. The Balaban J connectivity index is 1.81. The molecule has 2 heterocycles. The molecular weight excluding hydrogens is 465 g/mol. The zero-order valence-electron chi connectivity index (χ0n) is 20.8. The molecule has 4 amide bonds. The molecule has 1 aliphatic carbocycles. The van der Waals surface area contributed by atoms with Crippen LogP contribution in [0.5, 0.6) is 0 Å². The van der Waals surface area contributed by atoms with Gasteiger partial charge in [0.2, 0.25) is 17.7 Å². The van der Waals surface area contributed by atoms with Crippen molar-refractivity contribution in [3.8, 4) is 0 Å². The highest BCUT2D eigenvalue weighted by Gasteiger charge is 2.69. The summed E-state index contributed by atoms with van der Waals surface area (Å²) >= 11 is 0. The number of likely N-dealkylation sites (tertiary alicyclic amines) is 1. The third-order valence-corrected chi connectivity index (χ3v) is 7.72. The third-order valence-electron chi connectivity index (χ3n) is 7.72. The SMILES string of the molecule is C=C[C@H](C[C@@H]1CCNC1=O)NC(=O)[C@@H]1[C@@H]2[C@H](CN1C(=O)[C@@H](NC(=O)C(F)(F)F)C(C)(C)C)C2(C)C. The number of rotatable bonds is 7. The first-order valence-electron chi connectivity index (χ1n) is 11.9. The number of piperidine rings is 1. The summed E-state index contributed by atoms with van der Waals surface area (Å²) in [5, 5.41) is 7.47. The van der Waals surface area contributed by atoms with Crippen molar-refractivity contribution in [2.24, 2.45) is 28.6 Å². The fraction of sp³-hybridized carbons (Fsp3) is 0.750. The van der Waals surface area contributed by atoms with Crippen LogP contribution in [0.3, 0.4) is 0 Å². The maximum Gasteiger partial charge on any atom is 0.471 e. The van der Waals surface area contributed by atoms with Crippen LogP contribution in [0.1, 0.15) is 47.5 Å². The number of hydrogen-bond acceptors (Lipinski definition) is 4. The normalized spacial score (nSPS) is 29.0. The predicted molar refractivity (Wildman–Crippen MR) is 122 cm³/mol. The Kier molecular flexibility index (Phi) is 7.04. The number of alkyl halides is 3. The van der Waals surface area contributed by atoms with Crippen molar-refractivity contribution in [3.63, 3.8) is 0 Å². The number of carbonyl (C=O) groups is 4. The van der Waals surface area contributed by atoms with Crippen LogP contribution in [0.15, 0.2) is 12.7 Å². The van der Waals surface area contributed by atoms with Crippen molar-refractivity contribution in [1.82, 2.24) is 20.9 Å². The summed E-state index contributed by atoms with van der Waals surface area (Å²) < 4.78 is 38.9. The molecule has 0 aromatic carbocycles. The Bertz CT molecular complexity index is 911. The lowest BCUT2D eigenvalue weighted by Crippen LogP contribution is -2.61. The smallest absolute Gasteiger partial charge is 0.356 e. The van der Waals surface area contributed by atoms with Gasteiger partial charge in [-0.2, -0.15) is 13.2 Å². The molecule has 3 rings (SSSR count). The summed E-state index contributed by atoms with van der Waals surface area (Å²) in [5.41, 5.74) is -1.24. The maximum absolute atomic E-state index is 13.5. The van der Waals surface area contributed by atoms with Gasteiger partial charge in [-0.05, 0) is 35.5 Å². The number of fused-ring (bicyclic) bond motifs is 1. The largest absolute Gasteiger partial charge is 0.471 e. The number of nitrogens with one attached hydrogen (secondary N) is 3. The summed E-state index contributed by atoms with van der Waals surface area (Å²) in [5.74, 6) is -3.83. The second-order valence-electron chi connectivity index (χ2n) is 11.5. The van der Waals surface area contributed by atoms with E-state index < -0.39 is 47.4 Å². The minimum Gasteiger partial charge on any atom is -0.356 e. The van der Waals surface area contributed by atoms with Gasteiger partial charge in [-0.1, -0.05) is 40.7 Å². The van der Waals surface area contributed by atoms with Crippen LogP contribution in [-0.4, -0.2) is 65.9 Å². The molecule has 3 aliphatic rings. The lowest BCUT2D eigenvalue weighted by atomic mass is 9.85. The van der Waals surface area contributed by atoms with Gasteiger partial charge >= 0.3 is 12.1 Å². The van der Waals surface area contributed by atoms with E-state index in [1.54, 1.807) is 26.8 Å². The summed E-state index contributed by atoms with van der Waals surface area (Å²) in [4.78, 5) is 51.9. The van der Waals surface area contributed by atoms with Gasteiger partial charge in [-0.15, -0.1) is 6.58 Å². The Morgan fingerprint density at radius 3 is 2.34 bits per heavy atom. The molecule has 0 bridgehead atoms. The second-order valence-corrected chi connectivity index (χ2v) is 11.5. The van der Waals surface area contributed by atoms with Crippen LogP contribution in [0, 0.1) is 28.6 Å². The molecule has 0 unspecified atom stereocenters. The predicted octanol–water partition coefficient (Wildman–Crippen LogP) is 1.76. The van der Waals surface area contributed by atoms with Crippen molar-refractivity contribution in [3.05, 3.63) is 12.7 Å². The molecule has 11 heteroatoms. The van der Waals surface area contributed by atoms with Crippen LogP contribution >= 0.6 is 0 Å². The molecule has 0 radical (unpaired) electrons. The van der Waals surface area contributed by atoms with E-state index in [-0.39, 0.29) is 35.6 Å². The summed E-state index contributed by atoms with van der Waals surface area (Å²) in [7, 11) is 0. The number of hydrogen-bond donors (Lipinski definition) is 3. The minimum atomic E-state index is -5.14. The van der Waals surface area contributed by atoms with Gasteiger partial charge in [0.25, 0.3) is 0 Å². The highest BCUT2D eigenvalue weighted by molar-refractivity contribution is 5.95. The monoisotopic (exact) mass is 500 g/mol. The van der Waals surface area contributed by atoms with Crippen molar-refractivity contribution in [2.75, 3.05) is 13.1 Å². The lowest BCUT2D eigenvalue weighted by molar-refractivity contribution is -0.176. The third kappa shape index (κ3) is 5.33. The molecular formula is C24H35F3N4O4. The van der Waals surface area contributed by atoms with E-state index >= 15 is 0 Å². The highest BCUT2D eigenvalue weighted by Crippen LogP contribution is 2.65. The number of halogens is 3.